The lowest BCUT2D eigenvalue weighted by molar-refractivity contribution is 0.107. The van der Waals surface area contributed by atoms with Crippen LogP contribution in [0.2, 0.25) is 0 Å². The van der Waals surface area contributed by atoms with Crippen LogP contribution in [0.5, 0.6) is 0 Å². The van der Waals surface area contributed by atoms with Gasteiger partial charge in [-0.15, -0.1) is 12.4 Å². The molecule has 2 atom stereocenters. The Morgan fingerprint density at radius 2 is 2.16 bits per heavy atom. The van der Waals surface area contributed by atoms with Gasteiger partial charge in [0, 0.05) is 18.6 Å². The molecule has 1 amide bonds. The van der Waals surface area contributed by atoms with Gasteiger partial charge in [-0.25, -0.2) is 4.79 Å². The van der Waals surface area contributed by atoms with Crippen LogP contribution in [0, 0.1) is 0 Å². The molecule has 0 bridgehead atoms. The first-order valence-electron chi connectivity index (χ1n) is 6.44. The zero-order valence-corrected chi connectivity index (χ0v) is 11.9. The lowest BCUT2D eigenvalue weighted by atomic mass is 10.0. The van der Waals surface area contributed by atoms with E-state index in [4.69, 9.17) is 0 Å². The Labute approximate surface area is 120 Å². The molecule has 0 aliphatic carbocycles. The Morgan fingerprint density at radius 1 is 1.47 bits per heavy atom. The van der Waals surface area contributed by atoms with Gasteiger partial charge in [-0.1, -0.05) is 30.3 Å². The molecule has 1 fully saturated rings. The predicted octanol–water partition coefficient (Wildman–Crippen LogP) is 2.38. The summed E-state index contributed by atoms with van der Waals surface area (Å²) in [4.78, 5) is 13.0. The van der Waals surface area contributed by atoms with Crippen molar-refractivity contribution in [3.05, 3.63) is 35.9 Å². The van der Waals surface area contributed by atoms with Crippen molar-refractivity contribution in [1.29, 1.82) is 0 Å². The molecule has 19 heavy (non-hydrogen) atoms. The van der Waals surface area contributed by atoms with Crippen LogP contribution in [0.1, 0.15) is 18.9 Å². The number of carbonyl (C=O) groups is 1. The minimum atomic E-state index is -0.813. The van der Waals surface area contributed by atoms with E-state index in [1.54, 1.807) is 4.90 Å². The van der Waals surface area contributed by atoms with E-state index in [0.29, 0.717) is 0 Å². The molecule has 2 unspecified atom stereocenters. The molecule has 1 saturated heterocycles. The number of carboxylic acid groups (broad SMARTS) is 1. The Morgan fingerprint density at radius 3 is 2.68 bits per heavy atom. The summed E-state index contributed by atoms with van der Waals surface area (Å²) >= 11 is 0. The fourth-order valence-electron chi connectivity index (χ4n) is 2.64. The topological polar surface area (TPSA) is 52.6 Å². The fraction of sp³-hybridized carbons (Fsp3) is 0.500. The number of hydrogen-bond acceptors (Lipinski definition) is 2. The molecule has 1 aliphatic heterocycles. The van der Waals surface area contributed by atoms with E-state index in [9.17, 15) is 9.90 Å². The molecular formula is C14H21ClN2O2. The molecule has 2 rings (SSSR count). The van der Waals surface area contributed by atoms with Crippen molar-refractivity contribution in [2.45, 2.75) is 31.8 Å². The zero-order chi connectivity index (χ0) is 13.0. The van der Waals surface area contributed by atoms with Gasteiger partial charge in [-0.2, -0.15) is 0 Å². The predicted molar refractivity (Wildman–Crippen MR) is 78.0 cm³/mol. The van der Waals surface area contributed by atoms with Gasteiger partial charge in [-0.3, -0.25) is 0 Å². The molecule has 0 aromatic heterocycles. The maximum absolute atomic E-state index is 11.4. The van der Waals surface area contributed by atoms with Crippen LogP contribution < -0.4 is 5.32 Å². The third-order valence-corrected chi connectivity index (χ3v) is 3.50. The van der Waals surface area contributed by atoms with Crippen LogP contribution in [-0.4, -0.2) is 41.3 Å². The smallest absolute Gasteiger partial charge is 0.407 e. The van der Waals surface area contributed by atoms with Gasteiger partial charge in [0.05, 0.1) is 0 Å². The monoisotopic (exact) mass is 284 g/mol. The summed E-state index contributed by atoms with van der Waals surface area (Å²) in [5.41, 5.74) is 1.18. The summed E-state index contributed by atoms with van der Waals surface area (Å²) in [5, 5.41) is 12.6. The molecule has 0 spiro atoms. The number of hydrogen-bond donors (Lipinski definition) is 2. The van der Waals surface area contributed by atoms with Crippen molar-refractivity contribution in [3.63, 3.8) is 0 Å². The van der Waals surface area contributed by atoms with E-state index in [2.05, 4.69) is 5.32 Å². The standard InChI is InChI=1S/C14H20N2O2.ClH/c1-11(9-12-5-3-2-4-6-12)16(14(17)18)13-7-8-15-10-13;/h2-6,11,13,15H,7-10H2,1H3,(H,17,18);1H. The van der Waals surface area contributed by atoms with Gasteiger partial charge in [0.15, 0.2) is 0 Å². The Balaban J connectivity index is 0.00000180. The van der Waals surface area contributed by atoms with Crippen LogP contribution in [0.3, 0.4) is 0 Å². The minimum absolute atomic E-state index is 0. The molecule has 4 nitrogen and oxygen atoms in total. The summed E-state index contributed by atoms with van der Waals surface area (Å²) in [5.74, 6) is 0. The third-order valence-electron chi connectivity index (χ3n) is 3.50. The number of nitrogens with zero attached hydrogens (tertiary/aromatic N) is 1. The number of benzene rings is 1. The van der Waals surface area contributed by atoms with Crippen LogP contribution in [0.15, 0.2) is 30.3 Å². The normalized spacial score (nSPS) is 19.5. The highest BCUT2D eigenvalue weighted by atomic mass is 35.5. The quantitative estimate of drug-likeness (QED) is 0.893. The van der Waals surface area contributed by atoms with Crippen LogP contribution in [0.4, 0.5) is 4.79 Å². The van der Waals surface area contributed by atoms with Crippen molar-refractivity contribution in [2.24, 2.45) is 0 Å². The molecule has 1 aromatic rings. The fourth-order valence-corrected chi connectivity index (χ4v) is 2.64. The van der Waals surface area contributed by atoms with E-state index in [1.165, 1.54) is 5.56 Å². The van der Waals surface area contributed by atoms with E-state index in [0.717, 1.165) is 25.9 Å². The molecule has 1 aliphatic rings. The molecule has 0 radical (unpaired) electrons. The van der Waals surface area contributed by atoms with Gasteiger partial charge in [0.25, 0.3) is 0 Å². The lowest BCUT2D eigenvalue weighted by Crippen LogP contribution is -2.47. The molecule has 2 N–H and O–H groups in total. The first-order chi connectivity index (χ1) is 8.68. The Kier molecular flexibility index (Phi) is 6.12. The van der Waals surface area contributed by atoms with Gasteiger partial charge < -0.3 is 15.3 Å². The maximum atomic E-state index is 11.4. The summed E-state index contributed by atoms with van der Waals surface area (Å²) in [7, 11) is 0. The maximum Gasteiger partial charge on any atom is 0.407 e. The zero-order valence-electron chi connectivity index (χ0n) is 11.1. The molecule has 1 heterocycles. The highest BCUT2D eigenvalue weighted by Gasteiger charge is 2.30. The average molecular weight is 285 g/mol. The van der Waals surface area contributed by atoms with E-state index in [1.807, 2.05) is 37.3 Å². The van der Waals surface area contributed by atoms with E-state index < -0.39 is 6.09 Å². The van der Waals surface area contributed by atoms with Crippen molar-refractivity contribution < 1.29 is 9.90 Å². The second kappa shape index (κ2) is 7.36. The second-order valence-electron chi connectivity index (χ2n) is 4.88. The number of amides is 1. The summed E-state index contributed by atoms with van der Waals surface area (Å²) < 4.78 is 0. The van der Waals surface area contributed by atoms with Gasteiger partial charge >= 0.3 is 6.09 Å². The number of halogens is 1. The Hall–Kier alpha value is -1.26. The molecule has 106 valence electrons. The summed E-state index contributed by atoms with van der Waals surface area (Å²) in [6.45, 7) is 3.66. The average Bonchev–Trinajstić information content (AvgIpc) is 2.83. The summed E-state index contributed by atoms with van der Waals surface area (Å²) in [6.07, 6.45) is 0.863. The lowest BCUT2D eigenvalue weighted by Gasteiger charge is -2.31. The highest BCUT2D eigenvalue weighted by Crippen LogP contribution is 2.16. The molecule has 5 heteroatoms. The second-order valence-corrected chi connectivity index (χ2v) is 4.88. The third kappa shape index (κ3) is 4.11. The van der Waals surface area contributed by atoms with Crippen molar-refractivity contribution >= 4 is 18.5 Å². The van der Waals surface area contributed by atoms with Crippen molar-refractivity contribution in [3.8, 4) is 0 Å². The molecular weight excluding hydrogens is 264 g/mol. The van der Waals surface area contributed by atoms with Crippen LogP contribution >= 0.6 is 12.4 Å². The van der Waals surface area contributed by atoms with Gasteiger partial charge in [-0.05, 0) is 31.9 Å². The van der Waals surface area contributed by atoms with Crippen LogP contribution in [0.25, 0.3) is 0 Å². The van der Waals surface area contributed by atoms with Gasteiger partial charge in [0.1, 0.15) is 0 Å². The van der Waals surface area contributed by atoms with E-state index >= 15 is 0 Å². The first-order valence-corrected chi connectivity index (χ1v) is 6.44. The Bertz CT molecular complexity index is 394. The largest absolute Gasteiger partial charge is 0.465 e. The summed E-state index contributed by atoms with van der Waals surface area (Å²) in [6, 6.07) is 10.2. The number of nitrogens with one attached hydrogen (secondary N) is 1. The molecule has 0 saturated carbocycles. The van der Waals surface area contributed by atoms with Crippen LogP contribution in [-0.2, 0) is 6.42 Å². The van der Waals surface area contributed by atoms with E-state index in [-0.39, 0.29) is 24.5 Å². The molecule has 1 aromatic carbocycles. The highest BCUT2D eigenvalue weighted by molar-refractivity contribution is 5.85. The SMILES string of the molecule is CC(Cc1ccccc1)N(C(=O)O)C1CCNC1.Cl. The van der Waals surface area contributed by atoms with Crippen molar-refractivity contribution in [1.82, 2.24) is 10.2 Å². The number of rotatable bonds is 4. The first kappa shape index (κ1) is 15.8. The minimum Gasteiger partial charge on any atom is -0.465 e. The van der Waals surface area contributed by atoms with Gasteiger partial charge in [0.2, 0.25) is 0 Å². The van der Waals surface area contributed by atoms with Crippen molar-refractivity contribution in [2.75, 3.05) is 13.1 Å².